The van der Waals surface area contributed by atoms with Crippen LogP contribution in [0, 0.1) is 0 Å². The van der Waals surface area contributed by atoms with E-state index in [2.05, 4.69) is 17.1 Å². The molecule has 0 aromatic heterocycles. The Hall–Kier alpha value is -3.02. The monoisotopic (exact) mass is 368 g/mol. The highest BCUT2D eigenvalue weighted by Gasteiger charge is 2.26. The number of fused-ring (bicyclic) bond motifs is 1. The average Bonchev–Trinajstić information content (AvgIpc) is 2.82. The normalized spacial score (nSPS) is 16.0. The second kappa shape index (κ2) is 7.70. The third-order valence-corrected chi connectivity index (χ3v) is 4.86. The SMILES string of the molecule is CCC1C(C)=NN=C(c2ccc(OC)c(OC)c2)c2cc(OC)c(O)cc21. The first-order valence-electron chi connectivity index (χ1n) is 8.79. The number of nitrogens with zero attached hydrogens (tertiary/aromatic N) is 2. The molecule has 142 valence electrons. The summed E-state index contributed by atoms with van der Waals surface area (Å²) in [6, 6.07) is 9.20. The molecular formula is C21H24N2O4. The van der Waals surface area contributed by atoms with Gasteiger partial charge in [-0.05, 0) is 49.2 Å². The van der Waals surface area contributed by atoms with Crippen LogP contribution in [0.5, 0.6) is 23.0 Å². The van der Waals surface area contributed by atoms with Gasteiger partial charge in [0.05, 0.1) is 21.3 Å². The second-order valence-electron chi connectivity index (χ2n) is 6.33. The molecular weight excluding hydrogens is 344 g/mol. The lowest BCUT2D eigenvalue weighted by molar-refractivity contribution is 0.355. The quantitative estimate of drug-likeness (QED) is 0.861. The van der Waals surface area contributed by atoms with Crippen molar-refractivity contribution in [2.24, 2.45) is 10.2 Å². The van der Waals surface area contributed by atoms with Gasteiger partial charge >= 0.3 is 0 Å². The molecule has 1 N–H and O–H groups in total. The minimum Gasteiger partial charge on any atom is -0.504 e. The fourth-order valence-corrected chi connectivity index (χ4v) is 3.43. The van der Waals surface area contributed by atoms with E-state index >= 15 is 0 Å². The highest BCUT2D eigenvalue weighted by Crippen LogP contribution is 2.38. The maximum absolute atomic E-state index is 10.3. The summed E-state index contributed by atoms with van der Waals surface area (Å²) in [7, 11) is 4.73. The highest BCUT2D eigenvalue weighted by atomic mass is 16.5. The van der Waals surface area contributed by atoms with E-state index in [9.17, 15) is 5.11 Å². The first-order chi connectivity index (χ1) is 13.0. The van der Waals surface area contributed by atoms with Gasteiger partial charge in [0.15, 0.2) is 23.0 Å². The molecule has 1 aliphatic heterocycles. The Morgan fingerprint density at radius 3 is 2.26 bits per heavy atom. The Morgan fingerprint density at radius 1 is 0.926 bits per heavy atom. The number of ether oxygens (including phenoxy) is 3. The van der Waals surface area contributed by atoms with Crippen LogP contribution < -0.4 is 14.2 Å². The van der Waals surface area contributed by atoms with Gasteiger partial charge in [-0.3, -0.25) is 0 Å². The highest BCUT2D eigenvalue weighted by molar-refractivity contribution is 6.16. The number of benzene rings is 2. The number of phenols is 1. The molecule has 1 unspecified atom stereocenters. The van der Waals surface area contributed by atoms with E-state index in [-0.39, 0.29) is 11.7 Å². The van der Waals surface area contributed by atoms with Crippen LogP contribution in [0.3, 0.4) is 0 Å². The topological polar surface area (TPSA) is 72.6 Å². The predicted molar refractivity (Wildman–Crippen MR) is 106 cm³/mol. The molecule has 1 heterocycles. The Bertz CT molecular complexity index is 919. The van der Waals surface area contributed by atoms with Gasteiger partial charge in [-0.2, -0.15) is 5.10 Å². The van der Waals surface area contributed by atoms with E-state index in [1.807, 2.05) is 31.2 Å². The third-order valence-electron chi connectivity index (χ3n) is 4.86. The zero-order valence-electron chi connectivity index (χ0n) is 16.2. The van der Waals surface area contributed by atoms with E-state index in [0.29, 0.717) is 23.0 Å². The summed E-state index contributed by atoms with van der Waals surface area (Å²) in [4.78, 5) is 0. The molecule has 0 saturated heterocycles. The molecule has 6 heteroatoms. The van der Waals surface area contributed by atoms with Crippen molar-refractivity contribution in [1.82, 2.24) is 0 Å². The average molecular weight is 368 g/mol. The lowest BCUT2D eigenvalue weighted by atomic mass is 9.85. The van der Waals surface area contributed by atoms with Gasteiger partial charge in [-0.25, -0.2) is 0 Å². The van der Waals surface area contributed by atoms with Crippen LogP contribution in [0.4, 0.5) is 0 Å². The van der Waals surface area contributed by atoms with Gasteiger partial charge in [0, 0.05) is 22.8 Å². The molecule has 0 fully saturated rings. The maximum atomic E-state index is 10.3. The van der Waals surface area contributed by atoms with Crippen molar-refractivity contribution in [3.05, 3.63) is 47.0 Å². The molecule has 2 aromatic carbocycles. The predicted octanol–water partition coefficient (Wildman–Crippen LogP) is 4.14. The van der Waals surface area contributed by atoms with Crippen molar-refractivity contribution in [3.8, 4) is 23.0 Å². The molecule has 0 saturated carbocycles. The van der Waals surface area contributed by atoms with Crippen LogP contribution in [0.1, 0.15) is 42.9 Å². The molecule has 0 spiro atoms. The van der Waals surface area contributed by atoms with Gasteiger partial charge in [0.25, 0.3) is 0 Å². The van der Waals surface area contributed by atoms with Crippen LogP contribution in [0.2, 0.25) is 0 Å². The number of phenolic OH excluding ortho intramolecular Hbond substituents is 1. The van der Waals surface area contributed by atoms with Crippen molar-refractivity contribution >= 4 is 11.4 Å². The summed E-state index contributed by atoms with van der Waals surface area (Å²) in [5.74, 6) is 1.83. The van der Waals surface area contributed by atoms with Crippen LogP contribution >= 0.6 is 0 Å². The first kappa shape index (κ1) is 18.8. The zero-order valence-corrected chi connectivity index (χ0v) is 16.2. The minimum absolute atomic E-state index is 0.0678. The largest absolute Gasteiger partial charge is 0.504 e. The number of hydrogen-bond acceptors (Lipinski definition) is 6. The van der Waals surface area contributed by atoms with Gasteiger partial charge < -0.3 is 19.3 Å². The smallest absolute Gasteiger partial charge is 0.161 e. The van der Waals surface area contributed by atoms with Gasteiger partial charge in [-0.1, -0.05) is 6.92 Å². The molecule has 0 radical (unpaired) electrons. The minimum atomic E-state index is 0.0678. The number of rotatable bonds is 5. The fraction of sp³-hybridized carbons (Fsp3) is 0.333. The molecule has 0 aliphatic carbocycles. The molecule has 1 aliphatic rings. The molecule has 1 atom stereocenters. The number of methoxy groups -OCH3 is 3. The number of aromatic hydroxyl groups is 1. The summed E-state index contributed by atoms with van der Waals surface area (Å²) in [5, 5.41) is 19.3. The first-order valence-corrected chi connectivity index (χ1v) is 8.79. The number of hydrogen-bond donors (Lipinski definition) is 1. The van der Waals surface area contributed by atoms with E-state index in [1.54, 1.807) is 20.3 Å². The zero-order chi connectivity index (χ0) is 19.6. The second-order valence-corrected chi connectivity index (χ2v) is 6.33. The molecule has 27 heavy (non-hydrogen) atoms. The van der Waals surface area contributed by atoms with Crippen molar-refractivity contribution < 1.29 is 19.3 Å². The van der Waals surface area contributed by atoms with Crippen molar-refractivity contribution in [1.29, 1.82) is 0 Å². The Morgan fingerprint density at radius 2 is 1.63 bits per heavy atom. The lowest BCUT2D eigenvalue weighted by Crippen LogP contribution is -2.12. The van der Waals surface area contributed by atoms with Crippen LogP contribution in [-0.2, 0) is 0 Å². The van der Waals surface area contributed by atoms with Crippen LogP contribution in [0.15, 0.2) is 40.5 Å². The third kappa shape index (κ3) is 3.35. The Labute approximate surface area is 159 Å². The molecule has 2 aromatic rings. The van der Waals surface area contributed by atoms with Crippen molar-refractivity contribution in [2.45, 2.75) is 26.2 Å². The van der Waals surface area contributed by atoms with Crippen molar-refractivity contribution in [3.63, 3.8) is 0 Å². The van der Waals surface area contributed by atoms with E-state index < -0.39 is 0 Å². The van der Waals surface area contributed by atoms with Crippen LogP contribution in [0.25, 0.3) is 0 Å². The summed E-state index contributed by atoms with van der Waals surface area (Å²) in [5.41, 5.74) is 4.29. The van der Waals surface area contributed by atoms with Gasteiger partial charge in [-0.15, -0.1) is 5.10 Å². The van der Waals surface area contributed by atoms with Crippen LogP contribution in [-0.4, -0.2) is 37.9 Å². The molecule has 6 nitrogen and oxygen atoms in total. The maximum Gasteiger partial charge on any atom is 0.161 e. The summed E-state index contributed by atoms with van der Waals surface area (Å²) < 4.78 is 16.1. The van der Waals surface area contributed by atoms with E-state index in [1.165, 1.54) is 7.11 Å². The molecule has 0 amide bonds. The van der Waals surface area contributed by atoms with Gasteiger partial charge in [0.1, 0.15) is 5.71 Å². The molecule has 0 bridgehead atoms. The standard InChI is InChI=1S/C21H24N2O4/c1-6-14-12(2)22-23-21(13-7-8-18(25-3)20(9-13)27-5)16-11-19(26-4)17(24)10-15(14)16/h7-11,14,24H,6H2,1-5H3. The molecule has 3 rings (SSSR count). The van der Waals surface area contributed by atoms with E-state index in [0.717, 1.165) is 28.8 Å². The summed E-state index contributed by atoms with van der Waals surface area (Å²) in [6.45, 7) is 4.05. The van der Waals surface area contributed by atoms with E-state index in [4.69, 9.17) is 14.2 Å². The Balaban J connectivity index is 2.25. The summed E-state index contributed by atoms with van der Waals surface area (Å²) >= 11 is 0. The summed E-state index contributed by atoms with van der Waals surface area (Å²) in [6.07, 6.45) is 0.850. The Kier molecular flexibility index (Phi) is 5.35. The van der Waals surface area contributed by atoms with Crippen molar-refractivity contribution in [2.75, 3.05) is 21.3 Å². The lowest BCUT2D eigenvalue weighted by Gasteiger charge is -2.19. The van der Waals surface area contributed by atoms with Gasteiger partial charge in [0.2, 0.25) is 0 Å². The fourth-order valence-electron chi connectivity index (χ4n) is 3.43.